The summed E-state index contributed by atoms with van der Waals surface area (Å²) in [4.78, 5) is 18.0. The molecule has 6 nitrogen and oxygen atoms in total. The molecule has 1 amide bonds. The van der Waals surface area contributed by atoms with E-state index < -0.39 is 0 Å². The van der Waals surface area contributed by atoms with Gasteiger partial charge in [-0.2, -0.15) is 0 Å². The van der Waals surface area contributed by atoms with Gasteiger partial charge in [0.25, 0.3) is 5.91 Å². The molecule has 28 heavy (non-hydrogen) atoms. The monoisotopic (exact) mass is 390 g/mol. The van der Waals surface area contributed by atoms with E-state index in [1.807, 2.05) is 0 Å². The third kappa shape index (κ3) is 4.72. The van der Waals surface area contributed by atoms with Gasteiger partial charge >= 0.3 is 0 Å². The lowest BCUT2D eigenvalue weighted by atomic mass is 9.97. The number of carbonyl (C=O) groups excluding carboxylic acids is 1. The summed E-state index contributed by atoms with van der Waals surface area (Å²) in [6.45, 7) is 4.31. The Balaban J connectivity index is 1.74. The van der Waals surface area contributed by atoms with E-state index in [1.54, 1.807) is 33.5 Å². The standard InChI is InChI=1S/C22H34N2O4/c1-26-19-15-17(16-20(27-2)21(19)28-3)22(25)24-13-8-5-9-18(24)10-14-23-11-6-4-7-12-23/h15-16,18H,4-14H2,1-3H3/t18-/m0/s1. The first-order valence-electron chi connectivity index (χ1n) is 10.5. The van der Waals surface area contributed by atoms with Crippen LogP contribution in [-0.4, -0.2) is 69.3 Å². The molecule has 1 atom stereocenters. The molecule has 0 bridgehead atoms. The molecule has 0 spiro atoms. The Morgan fingerprint density at radius 3 is 2.18 bits per heavy atom. The van der Waals surface area contributed by atoms with Crippen LogP contribution in [0.15, 0.2) is 12.1 Å². The first-order valence-corrected chi connectivity index (χ1v) is 10.5. The van der Waals surface area contributed by atoms with E-state index in [1.165, 1.54) is 38.8 Å². The Morgan fingerprint density at radius 2 is 1.57 bits per heavy atom. The van der Waals surface area contributed by atoms with Gasteiger partial charge in [-0.25, -0.2) is 0 Å². The van der Waals surface area contributed by atoms with Crippen molar-refractivity contribution < 1.29 is 19.0 Å². The zero-order chi connectivity index (χ0) is 19.9. The summed E-state index contributed by atoms with van der Waals surface area (Å²) in [6.07, 6.45) is 8.36. The Hall–Kier alpha value is -1.95. The third-order valence-electron chi connectivity index (χ3n) is 6.03. The van der Waals surface area contributed by atoms with Crippen molar-refractivity contribution in [2.24, 2.45) is 0 Å². The van der Waals surface area contributed by atoms with E-state index in [2.05, 4.69) is 9.80 Å². The number of rotatable bonds is 7. The molecule has 1 aromatic rings. The predicted molar refractivity (Wildman–Crippen MR) is 110 cm³/mol. The molecule has 2 aliphatic heterocycles. The molecule has 6 heteroatoms. The van der Waals surface area contributed by atoms with E-state index in [0.29, 0.717) is 28.9 Å². The maximum Gasteiger partial charge on any atom is 0.254 e. The summed E-state index contributed by atoms with van der Waals surface area (Å²) in [5.74, 6) is 1.61. The van der Waals surface area contributed by atoms with Gasteiger partial charge in [0.15, 0.2) is 11.5 Å². The molecular formula is C22H34N2O4. The SMILES string of the molecule is COc1cc(C(=O)N2CCCC[C@H]2CCN2CCCCC2)cc(OC)c1OC. The van der Waals surface area contributed by atoms with E-state index in [-0.39, 0.29) is 5.91 Å². The molecule has 2 fully saturated rings. The van der Waals surface area contributed by atoms with Gasteiger partial charge in [-0.15, -0.1) is 0 Å². The van der Waals surface area contributed by atoms with Crippen LogP contribution in [0.4, 0.5) is 0 Å². The van der Waals surface area contributed by atoms with Crippen molar-refractivity contribution in [2.75, 3.05) is 47.5 Å². The lowest BCUT2D eigenvalue weighted by Gasteiger charge is -2.37. The molecule has 2 saturated heterocycles. The summed E-state index contributed by atoms with van der Waals surface area (Å²) < 4.78 is 16.2. The van der Waals surface area contributed by atoms with Gasteiger partial charge in [0.1, 0.15) is 0 Å². The number of carbonyl (C=O) groups is 1. The highest BCUT2D eigenvalue weighted by Crippen LogP contribution is 2.39. The molecule has 156 valence electrons. The van der Waals surface area contributed by atoms with Gasteiger partial charge in [-0.3, -0.25) is 4.79 Å². The lowest BCUT2D eigenvalue weighted by molar-refractivity contribution is 0.0578. The number of piperidine rings is 2. The van der Waals surface area contributed by atoms with E-state index in [4.69, 9.17) is 14.2 Å². The summed E-state index contributed by atoms with van der Waals surface area (Å²) in [5.41, 5.74) is 0.597. The van der Waals surface area contributed by atoms with E-state index >= 15 is 0 Å². The minimum atomic E-state index is 0.0580. The molecule has 0 radical (unpaired) electrons. The van der Waals surface area contributed by atoms with Crippen LogP contribution >= 0.6 is 0 Å². The van der Waals surface area contributed by atoms with E-state index in [0.717, 1.165) is 32.4 Å². The normalized spacial score (nSPS) is 20.7. The zero-order valence-electron chi connectivity index (χ0n) is 17.5. The van der Waals surface area contributed by atoms with Crippen LogP contribution in [-0.2, 0) is 0 Å². The number of benzene rings is 1. The number of likely N-dealkylation sites (tertiary alicyclic amines) is 2. The van der Waals surface area contributed by atoms with Crippen LogP contribution in [0.25, 0.3) is 0 Å². The smallest absolute Gasteiger partial charge is 0.254 e. The summed E-state index contributed by atoms with van der Waals surface area (Å²) in [5, 5.41) is 0. The highest BCUT2D eigenvalue weighted by Gasteiger charge is 2.29. The molecule has 0 N–H and O–H groups in total. The molecule has 0 aromatic heterocycles. The van der Waals surface area contributed by atoms with Crippen molar-refractivity contribution in [1.29, 1.82) is 0 Å². The van der Waals surface area contributed by atoms with Crippen LogP contribution in [0.2, 0.25) is 0 Å². The van der Waals surface area contributed by atoms with Gasteiger partial charge in [0.2, 0.25) is 5.75 Å². The van der Waals surface area contributed by atoms with E-state index in [9.17, 15) is 4.79 Å². The first kappa shape index (κ1) is 20.8. The van der Waals surface area contributed by atoms with Gasteiger partial charge in [0, 0.05) is 24.7 Å². The number of hydrogen-bond donors (Lipinski definition) is 0. The second kappa shape index (κ2) is 10.0. The quantitative estimate of drug-likeness (QED) is 0.712. The van der Waals surface area contributed by atoms with Gasteiger partial charge in [-0.05, 0) is 63.7 Å². The number of ether oxygens (including phenoxy) is 3. The molecular weight excluding hydrogens is 356 g/mol. The van der Waals surface area contributed by atoms with Crippen molar-refractivity contribution in [2.45, 2.75) is 51.0 Å². The van der Waals surface area contributed by atoms with Crippen molar-refractivity contribution in [1.82, 2.24) is 9.80 Å². The molecule has 2 aliphatic rings. The predicted octanol–water partition coefficient (Wildman–Crippen LogP) is 3.58. The summed E-state index contributed by atoms with van der Waals surface area (Å²) in [7, 11) is 4.73. The zero-order valence-corrected chi connectivity index (χ0v) is 17.5. The van der Waals surface area contributed by atoms with Gasteiger partial charge in [0.05, 0.1) is 21.3 Å². The van der Waals surface area contributed by atoms with Crippen molar-refractivity contribution in [3.05, 3.63) is 17.7 Å². The number of amides is 1. The number of nitrogens with zero attached hydrogens (tertiary/aromatic N) is 2. The molecule has 3 rings (SSSR count). The van der Waals surface area contributed by atoms with Gasteiger partial charge < -0.3 is 24.0 Å². The molecule has 2 heterocycles. The second-order valence-electron chi connectivity index (χ2n) is 7.75. The average molecular weight is 391 g/mol. The van der Waals surface area contributed by atoms with Gasteiger partial charge in [-0.1, -0.05) is 6.42 Å². The third-order valence-corrected chi connectivity index (χ3v) is 6.03. The molecule has 1 aromatic carbocycles. The minimum absolute atomic E-state index is 0.0580. The number of methoxy groups -OCH3 is 3. The summed E-state index contributed by atoms with van der Waals surface area (Å²) in [6, 6.07) is 3.84. The maximum atomic E-state index is 13.4. The Labute approximate surface area is 168 Å². The van der Waals surface area contributed by atoms with Crippen molar-refractivity contribution >= 4 is 5.91 Å². The van der Waals surface area contributed by atoms with Crippen molar-refractivity contribution in [3.63, 3.8) is 0 Å². The first-order chi connectivity index (χ1) is 13.7. The summed E-state index contributed by atoms with van der Waals surface area (Å²) >= 11 is 0. The fourth-order valence-electron chi connectivity index (χ4n) is 4.45. The minimum Gasteiger partial charge on any atom is -0.493 e. The molecule has 0 saturated carbocycles. The fourth-order valence-corrected chi connectivity index (χ4v) is 4.45. The lowest BCUT2D eigenvalue weighted by Crippen LogP contribution is -2.45. The average Bonchev–Trinajstić information content (AvgIpc) is 2.77. The maximum absolute atomic E-state index is 13.4. The molecule has 0 aliphatic carbocycles. The van der Waals surface area contributed by atoms with Crippen molar-refractivity contribution in [3.8, 4) is 17.2 Å². The highest BCUT2D eigenvalue weighted by atomic mass is 16.5. The van der Waals surface area contributed by atoms with Crippen LogP contribution in [0.3, 0.4) is 0 Å². The van der Waals surface area contributed by atoms with Crippen LogP contribution in [0, 0.1) is 0 Å². The largest absolute Gasteiger partial charge is 0.493 e. The Bertz CT molecular complexity index is 633. The highest BCUT2D eigenvalue weighted by molar-refractivity contribution is 5.96. The second-order valence-corrected chi connectivity index (χ2v) is 7.75. The Morgan fingerprint density at radius 1 is 0.929 bits per heavy atom. The van der Waals surface area contributed by atoms with Crippen LogP contribution in [0.1, 0.15) is 55.3 Å². The Kier molecular flexibility index (Phi) is 7.43. The van der Waals surface area contributed by atoms with Crippen LogP contribution < -0.4 is 14.2 Å². The number of hydrogen-bond acceptors (Lipinski definition) is 5. The molecule has 0 unspecified atom stereocenters. The topological polar surface area (TPSA) is 51.2 Å². The van der Waals surface area contributed by atoms with Crippen LogP contribution in [0.5, 0.6) is 17.2 Å². The fraction of sp³-hybridized carbons (Fsp3) is 0.682.